The molecule has 0 saturated carbocycles. The molecule has 67 heavy (non-hydrogen) atoms. The van der Waals surface area contributed by atoms with E-state index in [9.17, 15) is 0 Å². The Kier molecular flexibility index (Phi) is 7.33. The molecular formula is C62H50N4O. The second-order valence-electron chi connectivity index (χ2n) is 18.5. The van der Waals surface area contributed by atoms with E-state index in [0.717, 1.165) is 51.6 Å². The van der Waals surface area contributed by atoms with E-state index in [1.165, 1.54) is 11.1 Å². The van der Waals surface area contributed by atoms with Crippen LogP contribution in [0.1, 0.15) is 65.4 Å². The number of imidazole rings is 1. The first-order valence-corrected chi connectivity index (χ1v) is 22.5. The summed E-state index contributed by atoms with van der Waals surface area (Å²) in [5.41, 5.74) is 9.00. The van der Waals surface area contributed by atoms with E-state index in [1.807, 2.05) is 85.1 Å². The molecule has 1 aliphatic rings. The molecule has 324 valence electrons. The highest BCUT2D eigenvalue weighted by Gasteiger charge is 2.37. The number of para-hydroxylation sites is 4. The zero-order chi connectivity index (χ0) is 54.0. The Morgan fingerprint density at radius 1 is 0.552 bits per heavy atom. The first-order valence-electron chi connectivity index (χ1n) is 27.5. The summed E-state index contributed by atoms with van der Waals surface area (Å²) in [5.74, 6) is 1.90. The molecule has 0 aliphatic heterocycles. The van der Waals surface area contributed by atoms with Crippen LogP contribution in [-0.2, 0) is 10.8 Å². The van der Waals surface area contributed by atoms with E-state index in [-0.39, 0.29) is 38.8 Å². The van der Waals surface area contributed by atoms with Gasteiger partial charge in [-0.3, -0.25) is 13.7 Å². The van der Waals surface area contributed by atoms with Gasteiger partial charge >= 0.3 is 0 Å². The molecule has 0 fully saturated rings. The quantitative estimate of drug-likeness (QED) is 0.113. The van der Waals surface area contributed by atoms with Gasteiger partial charge in [0.1, 0.15) is 17.3 Å². The van der Waals surface area contributed by atoms with Gasteiger partial charge in [0.2, 0.25) is 0 Å². The van der Waals surface area contributed by atoms with Crippen molar-refractivity contribution >= 4 is 32.8 Å². The number of ether oxygens (including phenoxy) is 1. The molecule has 3 aromatic heterocycles. The molecule has 12 rings (SSSR count). The van der Waals surface area contributed by atoms with Crippen LogP contribution in [0.4, 0.5) is 0 Å². The van der Waals surface area contributed by atoms with E-state index < -0.39 is 60.4 Å². The summed E-state index contributed by atoms with van der Waals surface area (Å²) in [6, 6.07) is 40.0. The highest BCUT2D eigenvalue weighted by Crippen LogP contribution is 2.48. The lowest BCUT2D eigenvalue weighted by Gasteiger charge is -2.42. The largest absolute Gasteiger partial charge is 0.458 e. The number of benzene rings is 8. The molecule has 5 nitrogen and oxygen atoms in total. The summed E-state index contributed by atoms with van der Waals surface area (Å²) in [6.45, 7) is 9.37. The van der Waals surface area contributed by atoms with Crippen LogP contribution < -0.4 is 9.30 Å². The molecule has 1 aliphatic carbocycles. The summed E-state index contributed by atoms with van der Waals surface area (Å²) in [5, 5.41) is 2.11. The van der Waals surface area contributed by atoms with Crippen LogP contribution in [0, 0.1) is 6.33 Å². The third kappa shape index (κ3) is 6.93. The number of fused-ring (bicyclic) bond motifs is 5. The molecule has 0 saturated heterocycles. The maximum absolute atomic E-state index is 9.06. The van der Waals surface area contributed by atoms with Gasteiger partial charge in [-0.15, -0.1) is 0 Å². The number of nitrogens with zero attached hydrogens (tertiary/aromatic N) is 4. The fraction of sp³-hybridized carbons (Fsp3) is 0.129. The van der Waals surface area contributed by atoms with Crippen LogP contribution in [0.25, 0.3) is 83.4 Å². The molecule has 0 atom stereocenters. The lowest BCUT2D eigenvalue weighted by Crippen LogP contribution is -2.33. The van der Waals surface area contributed by atoms with Gasteiger partial charge in [0.15, 0.2) is 0 Å². The van der Waals surface area contributed by atoms with Crippen molar-refractivity contribution in [1.29, 1.82) is 0 Å². The number of pyridine rings is 1. The SMILES string of the molecule is [2H]c1c([2H])c([2H])c(-c2cccc(-c3c([2H])c([2H])c([2H])c([2H])c3[2H])c2-[n+]2[c-]n(-c3cccc(Oc4ccc5c6ccccc6n(-c6ncccc6-c6ccc7c(c6)C(C)(C)CCC7(C)C)c5c4)c3)c3ccccc32)c([2H])c1[2H]. The molecular weight excluding hydrogens is 817 g/mol. The lowest BCUT2D eigenvalue weighted by molar-refractivity contribution is -0.571. The fourth-order valence-corrected chi connectivity index (χ4v) is 10.00. The van der Waals surface area contributed by atoms with Crippen LogP contribution in [0.2, 0.25) is 0 Å². The minimum Gasteiger partial charge on any atom is -0.458 e. The minimum atomic E-state index is -0.566. The second kappa shape index (κ2) is 15.9. The molecule has 8 aromatic carbocycles. The first-order chi connectivity index (χ1) is 36.9. The summed E-state index contributed by atoms with van der Waals surface area (Å²) in [7, 11) is 0. The molecule has 5 heteroatoms. The van der Waals surface area contributed by atoms with E-state index in [1.54, 1.807) is 27.3 Å². The zero-order valence-corrected chi connectivity index (χ0v) is 37.5. The van der Waals surface area contributed by atoms with Crippen LogP contribution in [0.15, 0.2) is 206 Å². The summed E-state index contributed by atoms with van der Waals surface area (Å²) < 4.78 is 99.8. The van der Waals surface area contributed by atoms with E-state index >= 15 is 0 Å². The molecule has 0 amide bonds. The Hall–Kier alpha value is -8.02. The monoisotopic (exact) mass is 876 g/mol. The maximum Gasteiger partial charge on any atom is 0.269 e. The van der Waals surface area contributed by atoms with Crippen LogP contribution in [0.3, 0.4) is 0 Å². The molecule has 0 bridgehead atoms. The van der Waals surface area contributed by atoms with Gasteiger partial charge in [-0.25, -0.2) is 4.98 Å². The topological polar surface area (TPSA) is 35.9 Å². The van der Waals surface area contributed by atoms with Crippen molar-refractivity contribution in [2.45, 2.75) is 51.4 Å². The predicted molar refractivity (Wildman–Crippen MR) is 274 cm³/mol. The Morgan fingerprint density at radius 2 is 1.19 bits per heavy atom. The van der Waals surface area contributed by atoms with E-state index in [2.05, 4.69) is 81.1 Å². The van der Waals surface area contributed by atoms with Crippen molar-refractivity contribution < 1.29 is 23.0 Å². The lowest BCUT2D eigenvalue weighted by atomic mass is 9.63. The third-order valence-corrected chi connectivity index (χ3v) is 13.5. The molecule has 0 N–H and O–H groups in total. The van der Waals surface area contributed by atoms with Gasteiger partial charge in [-0.05, 0) is 111 Å². The van der Waals surface area contributed by atoms with Gasteiger partial charge < -0.3 is 4.74 Å². The molecule has 3 heterocycles. The number of aromatic nitrogens is 4. The van der Waals surface area contributed by atoms with Crippen molar-refractivity contribution in [2.24, 2.45) is 0 Å². The summed E-state index contributed by atoms with van der Waals surface area (Å²) in [6.07, 6.45) is 7.54. The highest BCUT2D eigenvalue weighted by atomic mass is 16.5. The summed E-state index contributed by atoms with van der Waals surface area (Å²) in [4.78, 5) is 5.10. The normalized spacial score (nSPS) is 16.2. The smallest absolute Gasteiger partial charge is 0.269 e. The molecule has 0 spiro atoms. The van der Waals surface area contributed by atoms with E-state index in [0.29, 0.717) is 28.2 Å². The van der Waals surface area contributed by atoms with Gasteiger partial charge in [-0.1, -0.05) is 173 Å². The third-order valence-electron chi connectivity index (χ3n) is 13.5. The van der Waals surface area contributed by atoms with Gasteiger partial charge in [-0.2, -0.15) is 0 Å². The van der Waals surface area contributed by atoms with Crippen molar-refractivity contribution in [3.63, 3.8) is 0 Å². The minimum absolute atomic E-state index is 0.0249. The molecule has 0 unspecified atom stereocenters. The van der Waals surface area contributed by atoms with Crippen LogP contribution >= 0.6 is 0 Å². The Labute approximate surface area is 405 Å². The Bertz CT molecular complexity index is 4150. The summed E-state index contributed by atoms with van der Waals surface area (Å²) >= 11 is 0. The second-order valence-corrected chi connectivity index (χ2v) is 18.5. The number of hydrogen-bond acceptors (Lipinski definition) is 2. The van der Waals surface area contributed by atoms with Crippen molar-refractivity contribution in [1.82, 2.24) is 14.1 Å². The average molecular weight is 877 g/mol. The maximum atomic E-state index is 9.06. The molecule has 11 aromatic rings. The zero-order valence-electron chi connectivity index (χ0n) is 47.5. The number of rotatable bonds is 8. The van der Waals surface area contributed by atoms with Crippen LogP contribution in [-0.4, -0.2) is 14.1 Å². The van der Waals surface area contributed by atoms with Gasteiger partial charge in [0.05, 0.1) is 47.1 Å². The average Bonchev–Trinajstić information content (AvgIpc) is 3.99. The first kappa shape index (κ1) is 31.0. The van der Waals surface area contributed by atoms with Crippen molar-refractivity contribution in [3.05, 3.63) is 224 Å². The molecule has 0 radical (unpaired) electrons. The Morgan fingerprint density at radius 3 is 1.96 bits per heavy atom. The highest BCUT2D eigenvalue weighted by molar-refractivity contribution is 6.10. The fourth-order valence-electron chi connectivity index (χ4n) is 10.00. The predicted octanol–water partition coefficient (Wildman–Crippen LogP) is 15.3. The van der Waals surface area contributed by atoms with Crippen molar-refractivity contribution in [2.75, 3.05) is 0 Å². The van der Waals surface area contributed by atoms with E-state index in [4.69, 9.17) is 23.4 Å². The van der Waals surface area contributed by atoms with Gasteiger partial charge in [0.25, 0.3) is 6.33 Å². The van der Waals surface area contributed by atoms with Crippen LogP contribution in [0.5, 0.6) is 11.5 Å². The van der Waals surface area contributed by atoms with Crippen molar-refractivity contribution in [3.8, 4) is 62.1 Å². The Balaban J connectivity index is 0.996. The van der Waals surface area contributed by atoms with Gasteiger partial charge in [0, 0.05) is 28.6 Å². The standard InChI is InChI=1S/C62H50N4O/c1-61(2)35-36-62(3,4)54-38-44(31-34-53(54)61)50-27-17-37-63-60(50)66-55-28-12-11-24-51(55)52-33-32-47(40-58(52)66)67-46-23-15-22-45(39-46)64-41-65(57-30-14-13-29-56(57)64)59-48(42-18-7-5-8-19-42)25-16-26-49(59)43-20-9-6-10-21-43/h5-34,37-40H,35-36H2,1-4H3/i5D,6D,7D,8D,9D,10D,18D,19D,20D,21D. The number of hydrogen-bond donors (Lipinski definition) is 0.